The van der Waals surface area contributed by atoms with Crippen LogP contribution in [0, 0.1) is 12.7 Å². The molecule has 188 valence electrons. The smallest absolute Gasteiger partial charge is 0.280 e. The summed E-state index contributed by atoms with van der Waals surface area (Å²) in [6.07, 6.45) is 5.18. The van der Waals surface area contributed by atoms with Crippen LogP contribution in [0.5, 0.6) is 0 Å². The van der Waals surface area contributed by atoms with E-state index in [1.807, 2.05) is 37.3 Å². The molecule has 3 heterocycles. The van der Waals surface area contributed by atoms with Gasteiger partial charge in [-0.05, 0) is 62.6 Å². The lowest BCUT2D eigenvalue weighted by Crippen LogP contribution is -2.38. The molecule has 0 radical (unpaired) electrons. The van der Waals surface area contributed by atoms with E-state index >= 15 is 0 Å². The number of aryl methyl sites for hydroxylation is 2. The van der Waals surface area contributed by atoms with Gasteiger partial charge in [-0.1, -0.05) is 36.4 Å². The number of halogens is 1. The molecule has 5 aromatic rings. The molecule has 2 aromatic carbocycles. The van der Waals surface area contributed by atoms with Crippen molar-refractivity contribution in [3.8, 4) is 11.5 Å². The maximum absolute atomic E-state index is 14.0. The van der Waals surface area contributed by atoms with Crippen LogP contribution in [0.4, 0.5) is 4.39 Å². The third-order valence-corrected chi connectivity index (χ3v) is 6.23. The van der Waals surface area contributed by atoms with Crippen LogP contribution in [0.1, 0.15) is 24.6 Å². The van der Waals surface area contributed by atoms with Gasteiger partial charge in [0.2, 0.25) is 5.91 Å². The Balaban J connectivity index is 1.46. The maximum Gasteiger partial charge on any atom is 0.280 e. The van der Waals surface area contributed by atoms with Crippen LogP contribution in [0.15, 0.2) is 83.9 Å². The van der Waals surface area contributed by atoms with Crippen molar-refractivity contribution in [2.75, 3.05) is 0 Å². The molecule has 1 N–H and O–H groups in total. The molecule has 37 heavy (non-hydrogen) atoms. The minimum atomic E-state index is -0.445. The lowest BCUT2D eigenvalue weighted by atomic mass is 10.1. The minimum Gasteiger partial charge on any atom is -0.352 e. The van der Waals surface area contributed by atoms with E-state index in [2.05, 4.69) is 27.6 Å². The Morgan fingerprint density at radius 3 is 2.51 bits per heavy atom. The number of hydrogen-bond acceptors (Lipinski definition) is 4. The summed E-state index contributed by atoms with van der Waals surface area (Å²) in [4.78, 5) is 26.5. The van der Waals surface area contributed by atoms with Crippen molar-refractivity contribution in [2.24, 2.45) is 0 Å². The van der Waals surface area contributed by atoms with Gasteiger partial charge in [-0.2, -0.15) is 10.2 Å². The molecule has 0 fully saturated rings. The second-order valence-electron chi connectivity index (χ2n) is 9.07. The number of aromatic nitrogens is 5. The van der Waals surface area contributed by atoms with E-state index in [1.54, 1.807) is 36.0 Å². The van der Waals surface area contributed by atoms with Gasteiger partial charge in [0.05, 0.1) is 11.4 Å². The molecular weight excluding hydrogens is 471 g/mol. The number of rotatable bonds is 8. The van der Waals surface area contributed by atoms with E-state index in [4.69, 9.17) is 0 Å². The highest BCUT2D eigenvalue weighted by Crippen LogP contribution is 2.24. The van der Waals surface area contributed by atoms with Crippen molar-refractivity contribution >= 4 is 16.8 Å². The molecular formula is C28H27FN6O2. The lowest BCUT2D eigenvalue weighted by molar-refractivity contribution is -0.122. The summed E-state index contributed by atoms with van der Waals surface area (Å²) in [6.45, 7) is 3.46. The number of carbonyl (C=O) groups is 1. The molecule has 5 rings (SSSR count). The van der Waals surface area contributed by atoms with Gasteiger partial charge in [-0.15, -0.1) is 0 Å². The highest BCUT2D eigenvalue weighted by atomic mass is 19.1. The highest BCUT2D eigenvalue weighted by Gasteiger charge is 2.22. The van der Waals surface area contributed by atoms with Crippen LogP contribution in [-0.2, 0) is 17.8 Å². The van der Waals surface area contributed by atoms with Crippen molar-refractivity contribution in [3.63, 3.8) is 0 Å². The fraction of sp³-hybridized carbons (Fsp3) is 0.214. The quantitative estimate of drug-likeness (QED) is 0.351. The van der Waals surface area contributed by atoms with E-state index in [9.17, 15) is 14.0 Å². The third-order valence-electron chi connectivity index (χ3n) is 6.23. The first-order valence-electron chi connectivity index (χ1n) is 12.1. The average Bonchev–Trinajstić information content (AvgIpc) is 3.55. The van der Waals surface area contributed by atoms with Gasteiger partial charge >= 0.3 is 0 Å². The van der Waals surface area contributed by atoms with E-state index in [0.29, 0.717) is 28.1 Å². The second kappa shape index (κ2) is 10.2. The van der Waals surface area contributed by atoms with Gasteiger partial charge in [-0.25, -0.2) is 13.8 Å². The van der Waals surface area contributed by atoms with Gasteiger partial charge in [0, 0.05) is 18.4 Å². The molecule has 0 spiro atoms. The first kappa shape index (κ1) is 24.2. The van der Waals surface area contributed by atoms with Crippen LogP contribution in [-0.4, -0.2) is 36.1 Å². The summed E-state index contributed by atoms with van der Waals surface area (Å²) >= 11 is 0. The molecule has 3 aromatic heterocycles. The molecule has 0 aliphatic heterocycles. The average molecular weight is 499 g/mol. The fourth-order valence-corrected chi connectivity index (χ4v) is 4.43. The molecule has 0 saturated carbocycles. The Morgan fingerprint density at radius 1 is 1.03 bits per heavy atom. The summed E-state index contributed by atoms with van der Waals surface area (Å²) < 4.78 is 18.5. The van der Waals surface area contributed by atoms with Gasteiger partial charge < -0.3 is 9.88 Å². The second-order valence-corrected chi connectivity index (χ2v) is 9.07. The number of carbonyl (C=O) groups excluding carboxylic acids is 1. The predicted molar refractivity (Wildman–Crippen MR) is 140 cm³/mol. The van der Waals surface area contributed by atoms with E-state index in [-0.39, 0.29) is 18.5 Å². The van der Waals surface area contributed by atoms with Crippen LogP contribution >= 0.6 is 0 Å². The number of fused-ring (bicyclic) bond motifs is 1. The molecule has 1 atom stereocenters. The van der Waals surface area contributed by atoms with Crippen molar-refractivity contribution in [3.05, 3.63) is 107 Å². The van der Waals surface area contributed by atoms with Crippen LogP contribution in [0.2, 0.25) is 0 Å². The number of nitrogens with zero attached hydrogens (tertiary/aromatic N) is 5. The molecule has 1 amide bonds. The SMILES string of the molecule is Cc1nn(CC(=O)N[C@@H](C)CCc2ccccc2)c(=O)c2c(-n3cccc3)n(-c3cccc(F)c3)nc12. The predicted octanol–water partition coefficient (Wildman–Crippen LogP) is 3.96. The number of amides is 1. The molecule has 0 bridgehead atoms. The summed E-state index contributed by atoms with van der Waals surface area (Å²) in [7, 11) is 0. The summed E-state index contributed by atoms with van der Waals surface area (Å²) in [5.74, 6) is -0.263. The zero-order valence-electron chi connectivity index (χ0n) is 20.6. The molecule has 8 nitrogen and oxygen atoms in total. The molecule has 0 aliphatic carbocycles. The fourth-order valence-electron chi connectivity index (χ4n) is 4.43. The highest BCUT2D eigenvalue weighted by molar-refractivity contribution is 5.88. The monoisotopic (exact) mass is 498 g/mol. The van der Waals surface area contributed by atoms with Crippen molar-refractivity contribution in [2.45, 2.75) is 39.3 Å². The Bertz CT molecular complexity index is 1610. The van der Waals surface area contributed by atoms with E-state index < -0.39 is 11.4 Å². The Morgan fingerprint density at radius 2 is 1.78 bits per heavy atom. The Kier molecular flexibility index (Phi) is 6.68. The number of hydrogen-bond donors (Lipinski definition) is 1. The first-order chi connectivity index (χ1) is 17.9. The van der Waals surface area contributed by atoms with Crippen molar-refractivity contribution in [1.29, 1.82) is 0 Å². The zero-order valence-corrected chi connectivity index (χ0v) is 20.6. The van der Waals surface area contributed by atoms with Gasteiger partial charge in [-0.3, -0.25) is 9.59 Å². The summed E-state index contributed by atoms with van der Waals surface area (Å²) in [6, 6.07) is 19.7. The Labute approximate surface area is 213 Å². The van der Waals surface area contributed by atoms with Crippen LogP contribution < -0.4 is 10.9 Å². The van der Waals surface area contributed by atoms with Gasteiger partial charge in [0.25, 0.3) is 5.56 Å². The van der Waals surface area contributed by atoms with Crippen molar-refractivity contribution < 1.29 is 9.18 Å². The molecule has 0 aliphatic rings. The van der Waals surface area contributed by atoms with Gasteiger partial charge in [0.1, 0.15) is 23.3 Å². The van der Waals surface area contributed by atoms with E-state index in [0.717, 1.165) is 12.8 Å². The van der Waals surface area contributed by atoms with Crippen molar-refractivity contribution in [1.82, 2.24) is 29.4 Å². The standard InChI is InChI=1S/C28H27FN6O2/c1-19(13-14-21-9-4-3-5-10-21)30-24(36)18-34-28(37)25-26(20(2)31-34)32-35(23-12-8-11-22(29)17-23)27(25)33-15-6-7-16-33/h3-12,15-17,19H,13-14,18H2,1-2H3,(H,30,36)/t19-/m0/s1. The first-order valence-corrected chi connectivity index (χ1v) is 12.1. The van der Waals surface area contributed by atoms with Crippen LogP contribution in [0.25, 0.3) is 22.4 Å². The topological polar surface area (TPSA) is 86.7 Å². The Hall–Kier alpha value is -4.53. The minimum absolute atomic E-state index is 0.0700. The third kappa shape index (κ3) is 5.06. The maximum atomic E-state index is 14.0. The summed E-state index contributed by atoms with van der Waals surface area (Å²) in [5.41, 5.74) is 2.11. The molecule has 0 unspecified atom stereocenters. The molecule has 0 saturated heterocycles. The van der Waals surface area contributed by atoms with E-state index in [1.165, 1.54) is 27.1 Å². The van der Waals surface area contributed by atoms with Gasteiger partial charge in [0.15, 0.2) is 5.82 Å². The summed E-state index contributed by atoms with van der Waals surface area (Å²) in [5, 5.41) is 12.3. The zero-order chi connectivity index (χ0) is 25.9. The number of benzene rings is 2. The number of nitrogens with one attached hydrogen (secondary N) is 1. The largest absolute Gasteiger partial charge is 0.352 e. The normalized spacial score (nSPS) is 12.1. The molecule has 9 heteroatoms. The lowest BCUT2D eigenvalue weighted by Gasteiger charge is -2.14. The van der Waals surface area contributed by atoms with Crippen LogP contribution in [0.3, 0.4) is 0 Å².